The Kier molecular flexibility index (Phi) is 4.02. The molecule has 5 heteroatoms. The van der Waals surface area contributed by atoms with Crippen LogP contribution in [0, 0.1) is 6.92 Å². The van der Waals surface area contributed by atoms with E-state index in [0.29, 0.717) is 18.3 Å². The number of rotatable bonds is 5. The molecule has 0 bridgehead atoms. The minimum atomic E-state index is 0.543. The fraction of sp³-hybridized carbons (Fsp3) is 0.188. The smallest absolute Gasteiger partial charge is 0.247 e. The number of aromatic nitrogens is 3. The lowest BCUT2D eigenvalue weighted by Gasteiger charge is -2.01. The van der Waals surface area contributed by atoms with Crippen molar-refractivity contribution in [2.75, 3.05) is 0 Å². The van der Waals surface area contributed by atoms with Crippen LogP contribution < -0.4 is 5.32 Å². The number of hydrogen-bond acceptors (Lipinski definition) is 5. The average Bonchev–Trinajstić information content (AvgIpc) is 2.97. The van der Waals surface area contributed by atoms with Crippen molar-refractivity contribution in [1.29, 1.82) is 0 Å². The van der Waals surface area contributed by atoms with Crippen molar-refractivity contribution in [3.8, 4) is 11.5 Å². The van der Waals surface area contributed by atoms with E-state index in [2.05, 4.69) is 20.5 Å². The zero-order valence-electron chi connectivity index (χ0n) is 11.8. The van der Waals surface area contributed by atoms with E-state index in [1.54, 1.807) is 12.4 Å². The summed E-state index contributed by atoms with van der Waals surface area (Å²) < 4.78 is 5.67. The first kappa shape index (κ1) is 13.5. The second-order valence-electron chi connectivity index (χ2n) is 4.83. The average molecular weight is 280 g/mol. The number of pyridine rings is 1. The van der Waals surface area contributed by atoms with Gasteiger partial charge in [0.1, 0.15) is 0 Å². The van der Waals surface area contributed by atoms with Crippen LogP contribution in [0.15, 0.2) is 53.2 Å². The SMILES string of the molecule is Cc1cccc(-c2nnc(CNCc3ccncc3)o2)c1. The summed E-state index contributed by atoms with van der Waals surface area (Å²) in [6.45, 7) is 3.32. The molecule has 0 radical (unpaired) electrons. The number of benzene rings is 1. The highest BCUT2D eigenvalue weighted by Crippen LogP contribution is 2.18. The predicted octanol–water partition coefficient (Wildman–Crippen LogP) is 2.73. The molecule has 21 heavy (non-hydrogen) atoms. The Morgan fingerprint density at radius 1 is 1.05 bits per heavy atom. The van der Waals surface area contributed by atoms with Crippen molar-refractivity contribution in [2.24, 2.45) is 0 Å². The molecule has 0 saturated heterocycles. The van der Waals surface area contributed by atoms with Crippen LogP contribution in [0.25, 0.3) is 11.5 Å². The van der Waals surface area contributed by atoms with Gasteiger partial charge in [0.25, 0.3) is 0 Å². The number of nitrogens with zero attached hydrogens (tertiary/aromatic N) is 3. The van der Waals surface area contributed by atoms with Crippen molar-refractivity contribution in [1.82, 2.24) is 20.5 Å². The highest BCUT2D eigenvalue weighted by atomic mass is 16.4. The second-order valence-corrected chi connectivity index (χ2v) is 4.83. The summed E-state index contributed by atoms with van der Waals surface area (Å²) >= 11 is 0. The molecule has 1 aromatic carbocycles. The standard InChI is InChI=1S/C16H16N4O/c1-12-3-2-4-14(9-12)16-20-19-15(21-16)11-18-10-13-5-7-17-8-6-13/h2-9,18H,10-11H2,1H3. The van der Waals surface area contributed by atoms with Crippen LogP contribution in [0.2, 0.25) is 0 Å². The van der Waals surface area contributed by atoms with Crippen LogP contribution in [0.4, 0.5) is 0 Å². The van der Waals surface area contributed by atoms with E-state index < -0.39 is 0 Å². The predicted molar refractivity (Wildman–Crippen MR) is 79.3 cm³/mol. The van der Waals surface area contributed by atoms with Gasteiger partial charge in [0.15, 0.2) is 0 Å². The van der Waals surface area contributed by atoms with Crippen molar-refractivity contribution < 1.29 is 4.42 Å². The van der Waals surface area contributed by atoms with Crippen molar-refractivity contribution >= 4 is 0 Å². The summed E-state index contributed by atoms with van der Waals surface area (Å²) in [5.74, 6) is 1.14. The minimum Gasteiger partial charge on any atom is -0.419 e. The minimum absolute atomic E-state index is 0.543. The molecule has 5 nitrogen and oxygen atoms in total. The van der Waals surface area contributed by atoms with E-state index in [1.165, 1.54) is 11.1 Å². The lowest BCUT2D eigenvalue weighted by molar-refractivity contribution is 0.477. The molecule has 1 N–H and O–H groups in total. The molecule has 0 aliphatic rings. The molecule has 3 rings (SSSR count). The second kappa shape index (κ2) is 6.28. The first-order valence-electron chi connectivity index (χ1n) is 6.80. The van der Waals surface area contributed by atoms with Gasteiger partial charge in [-0.05, 0) is 36.8 Å². The molecule has 3 aromatic rings. The molecule has 2 aromatic heterocycles. The molecule has 0 amide bonds. The molecule has 0 atom stereocenters. The van der Waals surface area contributed by atoms with Gasteiger partial charge in [-0.3, -0.25) is 4.98 Å². The van der Waals surface area contributed by atoms with Crippen molar-refractivity contribution in [2.45, 2.75) is 20.0 Å². The van der Waals surface area contributed by atoms with Crippen LogP contribution >= 0.6 is 0 Å². The molecular formula is C16H16N4O. The first-order valence-corrected chi connectivity index (χ1v) is 6.80. The van der Waals surface area contributed by atoms with Gasteiger partial charge in [0.2, 0.25) is 11.8 Å². The first-order chi connectivity index (χ1) is 10.3. The monoisotopic (exact) mass is 280 g/mol. The fourth-order valence-corrected chi connectivity index (χ4v) is 2.03. The Hall–Kier alpha value is -2.53. The Morgan fingerprint density at radius 3 is 2.71 bits per heavy atom. The summed E-state index contributed by atoms with van der Waals surface area (Å²) in [5, 5.41) is 11.4. The Morgan fingerprint density at radius 2 is 1.90 bits per heavy atom. The summed E-state index contributed by atoms with van der Waals surface area (Å²) in [4.78, 5) is 3.99. The number of nitrogens with one attached hydrogen (secondary N) is 1. The molecule has 2 heterocycles. The fourth-order valence-electron chi connectivity index (χ4n) is 2.03. The van der Waals surface area contributed by atoms with Crippen LogP contribution in [-0.2, 0) is 13.1 Å². The summed E-state index contributed by atoms with van der Waals surface area (Å²) in [6, 6.07) is 12.0. The summed E-state index contributed by atoms with van der Waals surface area (Å²) in [7, 11) is 0. The van der Waals surface area contributed by atoms with Gasteiger partial charge in [-0.1, -0.05) is 17.7 Å². The Balaban J connectivity index is 1.60. The van der Waals surface area contributed by atoms with E-state index in [-0.39, 0.29) is 0 Å². The van der Waals surface area contributed by atoms with E-state index >= 15 is 0 Å². The number of aryl methyl sites for hydroxylation is 1. The largest absolute Gasteiger partial charge is 0.419 e. The lowest BCUT2D eigenvalue weighted by atomic mass is 10.1. The maximum absolute atomic E-state index is 5.67. The highest BCUT2D eigenvalue weighted by molar-refractivity contribution is 5.53. The molecular weight excluding hydrogens is 264 g/mol. The molecule has 0 spiro atoms. The third-order valence-corrected chi connectivity index (χ3v) is 3.09. The molecule has 106 valence electrons. The molecule has 0 aliphatic carbocycles. The normalized spacial score (nSPS) is 10.7. The van der Waals surface area contributed by atoms with Gasteiger partial charge < -0.3 is 9.73 Å². The maximum Gasteiger partial charge on any atom is 0.247 e. The molecule has 0 saturated carbocycles. The molecule has 0 aliphatic heterocycles. The maximum atomic E-state index is 5.67. The zero-order valence-corrected chi connectivity index (χ0v) is 11.8. The van der Waals surface area contributed by atoms with E-state index in [1.807, 2.05) is 43.3 Å². The van der Waals surface area contributed by atoms with Gasteiger partial charge in [-0.25, -0.2) is 0 Å². The summed E-state index contributed by atoms with van der Waals surface area (Å²) in [6.07, 6.45) is 3.55. The van der Waals surface area contributed by atoms with Crippen LogP contribution in [-0.4, -0.2) is 15.2 Å². The van der Waals surface area contributed by atoms with Crippen LogP contribution in [0.1, 0.15) is 17.0 Å². The third kappa shape index (κ3) is 3.52. The Labute approximate surface area is 123 Å². The van der Waals surface area contributed by atoms with Gasteiger partial charge in [0.05, 0.1) is 6.54 Å². The van der Waals surface area contributed by atoms with E-state index in [9.17, 15) is 0 Å². The van der Waals surface area contributed by atoms with Crippen LogP contribution in [0.3, 0.4) is 0 Å². The van der Waals surface area contributed by atoms with Crippen molar-refractivity contribution in [3.63, 3.8) is 0 Å². The van der Waals surface area contributed by atoms with Crippen LogP contribution in [0.5, 0.6) is 0 Å². The van der Waals surface area contributed by atoms with Gasteiger partial charge in [-0.2, -0.15) is 0 Å². The number of hydrogen-bond donors (Lipinski definition) is 1. The van der Waals surface area contributed by atoms with Crippen molar-refractivity contribution in [3.05, 3.63) is 65.8 Å². The van der Waals surface area contributed by atoms with Gasteiger partial charge in [-0.15, -0.1) is 10.2 Å². The highest BCUT2D eigenvalue weighted by Gasteiger charge is 2.08. The molecule has 0 fully saturated rings. The lowest BCUT2D eigenvalue weighted by Crippen LogP contribution is -2.12. The van der Waals surface area contributed by atoms with E-state index in [0.717, 1.165) is 12.1 Å². The van der Waals surface area contributed by atoms with E-state index in [4.69, 9.17) is 4.42 Å². The quantitative estimate of drug-likeness (QED) is 0.778. The Bertz CT molecular complexity index is 709. The third-order valence-electron chi connectivity index (χ3n) is 3.09. The topological polar surface area (TPSA) is 63.8 Å². The zero-order chi connectivity index (χ0) is 14.5. The van der Waals surface area contributed by atoms with Gasteiger partial charge in [0, 0.05) is 24.5 Å². The summed E-state index contributed by atoms with van der Waals surface area (Å²) in [5.41, 5.74) is 3.29. The van der Waals surface area contributed by atoms with Gasteiger partial charge >= 0.3 is 0 Å². The molecule has 0 unspecified atom stereocenters.